The van der Waals surface area contributed by atoms with E-state index in [1.165, 1.54) is 10.4 Å². The molecule has 4 rings (SSSR count). The van der Waals surface area contributed by atoms with E-state index in [0.717, 1.165) is 17.5 Å². The van der Waals surface area contributed by atoms with Crippen molar-refractivity contribution in [2.45, 2.75) is 51.8 Å². The molecule has 7 heteroatoms. The minimum absolute atomic E-state index is 0.0258. The Morgan fingerprint density at radius 3 is 2.12 bits per heavy atom. The van der Waals surface area contributed by atoms with Crippen LogP contribution in [-0.2, 0) is 11.0 Å². The van der Waals surface area contributed by atoms with E-state index in [1.807, 2.05) is 4.68 Å². The third kappa shape index (κ3) is 4.35. The fourth-order valence-corrected chi connectivity index (χ4v) is 9.23. The highest BCUT2D eigenvalue weighted by molar-refractivity contribution is 6.99. The van der Waals surface area contributed by atoms with Gasteiger partial charge in [-0.15, -0.1) is 0 Å². The van der Waals surface area contributed by atoms with E-state index >= 15 is 0 Å². The van der Waals surface area contributed by atoms with Gasteiger partial charge in [0.25, 0.3) is 8.32 Å². The Bertz CT molecular complexity index is 1140. The Hall–Kier alpha value is -2.54. The van der Waals surface area contributed by atoms with Gasteiger partial charge in [-0.25, -0.2) is 9.67 Å². The second kappa shape index (κ2) is 9.14. The van der Waals surface area contributed by atoms with Crippen molar-refractivity contribution in [3.63, 3.8) is 0 Å². The van der Waals surface area contributed by atoms with E-state index in [2.05, 4.69) is 103 Å². The van der Waals surface area contributed by atoms with Crippen LogP contribution in [0.1, 0.15) is 34.1 Å². The van der Waals surface area contributed by atoms with Gasteiger partial charge in [-0.2, -0.15) is 10.1 Å². The average Bonchev–Trinajstić information content (AvgIpc) is 3.18. The zero-order valence-corrected chi connectivity index (χ0v) is 20.8. The number of hydrogen-bond acceptors (Lipinski definition) is 4. The van der Waals surface area contributed by atoms with Crippen molar-refractivity contribution in [3.8, 4) is 0 Å². The summed E-state index contributed by atoms with van der Waals surface area (Å²) in [5.74, 6) is 0. The fraction of sp³-hybridized carbons (Fsp3) is 0.320. The largest absolute Gasteiger partial charge is 0.405 e. The summed E-state index contributed by atoms with van der Waals surface area (Å²) in [5.41, 5.74) is 0.752. The highest BCUT2D eigenvalue weighted by atomic mass is 35.5. The Morgan fingerprint density at radius 2 is 1.56 bits per heavy atom. The quantitative estimate of drug-likeness (QED) is 0.290. The van der Waals surface area contributed by atoms with Crippen molar-refractivity contribution in [3.05, 3.63) is 78.3 Å². The molecule has 0 saturated heterocycles. The minimum atomic E-state index is -2.57. The van der Waals surface area contributed by atoms with Crippen LogP contribution in [0.15, 0.2) is 73.1 Å². The van der Waals surface area contributed by atoms with E-state index in [1.54, 1.807) is 12.4 Å². The van der Waals surface area contributed by atoms with Gasteiger partial charge in [0.15, 0.2) is 5.65 Å². The van der Waals surface area contributed by atoms with Gasteiger partial charge in [0.05, 0.1) is 11.6 Å². The molecular formula is C25H29ClN4OSi. The second-order valence-corrected chi connectivity index (χ2v) is 13.8. The van der Waals surface area contributed by atoms with Crippen molar-refractivity contribution >= 4 is 41.3 Å². The van der Waals surface area contributed by atoms with Crippen molar-refractivity contribution < 1.29 is 4.43 Å². The standard InChI is InChI=1S/C25H29ClN4OSi/c1-19(15-16-30-23-20(18-28-30)17-27-24(26)29-23)31-32(25(2,3)4,21-11-7-5-8-12-21)22-13-9-6-10-14-22/h5-14,17-19H,15-16H2,1-4H3/t19-/m1/s1. The lowest BCUT2D eigenvalue weighted by Crippen LogP contribution is -2.67. The van der Waals surface area contributed by atoms with Crippen LogP contribution in [0.25, 0.3) is 11.0 Å². The van der Waals surface area contributed by atoms with Crippen LogP contribution < -0.4 is 10.4 Å². The summed E-state index contributed by atoms with van der Waals surface area (Å²) in [6, 6.07) is 21.4. The smallest absolute Gasteiger partial charge is 0.261 e. The van der Waals surface area contributed by atoms with Crippen LogP contribution in [0.3, 0.4) is 0 Å². The molecule has 0 unspecified atom stereocenters. The maximum absolute atomic E-state index is 7.15. The summed E-state index contributed by atoms with van der Waals surface area (Å²) in [7, 11) is -2.57. The topological polar surface area (TPSA) is 52.8 Å². The predicted octanol–water partition coefficient (Wildman–Crippen LogP) is 4.83. The monoisotopic (exact) mass is 464 g/mol. The summed E-state index contributed by atoms with van der Waals surface area (Å²) in [4.78, 5) is 8.39. The normalized spacial score (nSPS) is 13.4. The molecule has 1 atom stereocenters. The molecule has 2 aromatic heterocycles. The second-order valence-electron chi connectivity index (χ2n) is 9.17. The van der Waals surface area contributed by atoms with Crippen LogP contribution >= 0.6 is 11.6 Å². The molecule has 4 aromatic rings. The van der Waals surface area contributed by atoms with Crippen LogP contribution in [0, 0.1) is 0 Å². The Labute approximate surface area is 195 Å². The molecule has 0 fully saturated rings. The molecular weight excluding hydrogens is 436 g/mol. The summed E-state index contributed by atoms with van der Waals surface area (Å²) in [6.45, 7) is 9.74. The number of aryl methyl sites for hydroxylation is 1. The number of nitrogens with zero attached hydrogens (tertiary/aromatic N) is 4. The Kier molecular flexibility index (Phi) is 6.47. The first-order chi connectivity index (χ1) is 15.3. The number of halogens is 1. The molecule has 0 aliphatic rings. The van der Waals surface area contributed by atoms with E-state index in [-0.39, 0.29) is 16.4 Å². The molecule has 166 valence electrons. The molecule has 0 N–H and O–H groups in total. The summed E-state index contributed by atoms with van der Waals surface area (Å²) < 4.78 is 9.03. The number of benzene rings is 2. The first-order valence-electron chi connectivity index (χ1n) is 10.9. The molecule has 2 heterocycles. The molecule has 0 amide bonds. The molecule has 0 saturated carbocycles. The van der Waals surface area contributed by atoms with E-state index in [9.17, 15) is 0 Å². The molecule has 32 heavy (non-hydrogen) atoms. The molecule has 0 radical (unpaired) electrons. The Balaban J connectivity index is 1.65. The number of hydrogen-bond donors (Lipinski definition) is 0. The van der Waals surface area contributed by atoms with Gasteiger partial charge >= 0.3 is 0 Å². The van der Waals surface area contributed by atoms with E-state index in [4.69, 9.17) is 16.0 Å². The highest BCUT2D eigenvalue weighted by Crippen LogP contribution is 2.37. The van der Waals surface area contributed by atoms with Gasteiger partial charge in [0.2, 0.25) is 5.28 Å². The van der Waals surface area contributed by atoms with E-state index < -0.39 is 8.32 Å². The highest BCUT2D eigenvalue weighted by Gasteiger charge is 2.50. The molecule has 5 nitrogen and oxygen atoms in total. The van der Waals surface area contributed by atoms with Gasteiger partial charge in [-0.3, -0.25) is 0 Å². The fourth-order valence-electron chi connectivity index (χ4n) is 4.37. The predicted molar refractivity (Wildman–Crippen MR) is 133 cm³/mol. The van der Waals surface area contributed by atoms with Crippen molar-refractivity contribution in [1.29, 1.82) is 0 Å². The molecule has 0 aliphatic heterocycles. The third-order valence-corrected chi connectivity index (χ3v) is 11.2. The maximum Gasteiger partial charge on any atom is 0.261 e. The summed E-state index contributed by atoms with van der Waals surface area (Å²) in [6.07, 6.45) is 4.32. The lowest BCUT2D eigenvalue weighted by Gasteiger charge is -2.44. The lowest BCUT2D eigenvalue weighted by molar-refractivity contribution is 0.188. The molecule has 2 aromatic carbocycles. The lowest BCUT2D eigenvalue weighted by atomic mass is 10.2. The summed E-state index contributed by atoms with van der Waals surface area (Å²) in [5, 5.41) is 8.12. The van der Waals surface area contributed by atoms with E-state index in [0.29, 0.717) is 6.54 Å². The first-order valence-corrected chi connectivity index (χ1v) is 13.2. The van der Waals surface area contributed by atoms with Gasteiger partial charge < -0.3 is 4.43 Å². The number of fused-ring (bicyclic) bond motifs is 1. The van der Waals surface area contributed by atoms with Crippen LogP contribution in [0.2, 0.25) is 10.3 Å². The maximum atomic E-state index is 7.15. The van der Waals surface area contributed by atoms with Crippen LogP contribution in [-0.4, -0.2) is 34.2 Å². The van der Waals surface area contributed by atoms with Gasteiger partial charge in [-0.05, 0) is 40.4 Å². The van der Waals surface area contributed by atoms with Crippen molar-refractivity contribution in [1.82, 2.24) is 19.7 Å². The number of rotatable bonds is 7. The SMILES string of the molecule is C[C@H](CCn1ncc2cnc(Cl)nc21)O[Si](c1ccccc1)(c1ccccc1)C(C)(C)C. The van der Waals surface area contributed by atoms with Gasteiger partial charge in [0.1, 0.15) is 0 Å². The molecule has 0 spiro atoms. The van der Waals surface area contributed by atoms with Crippen LogP contribution in [0.4, 0.5) is 0 Å². The van der Waals surface area contributed by atoms with Crippen molar-refractivity contribution in [2.24, 2.45) is 0 Å². The summed E-state index contributed by atoms with van der Waals surface area (Å²) >= 11 is 6.00. The Morgan fingerprint density at radius 1 is 0.969 bits per heavy atom. The minimum Gasteiger partial charge on any atom is -0.405 e. The van der Waals surface area contributed by atoms with Gasteiger partial charge in [0, 0.05) is 18.8 Å². The first kappa shape index (κ1) is 22.6. The third-order valence-electron chi connectivity index (χ3n) is 5.89. The number of aromatic nitrogens is 4. The van der Waals surface area contributed by atoms with Gasteiger partial charge in [-0.1, -0.05) is 81.4 Å². The molecule has 0 bridgehead atoms. The zero-order valence-electron chi connectivity index (χ0n) is 19.0. The zero-order chi connectivity index (χ0) is 22.8. The molecule has 0 aliphatic carbocycles. The average molecular weight is 465 g/mol. The van der Waals surface area contributed by atoms with Crippen LogP contribution in [0.5, 0.6) is 0 Å². The van der Waals surface area contributed by atoms with Crippen molar-refractivity contribution in [2.75, 3.05) is 0 Å².